The largest absolute Gasteiger partial charge is 0.397 e. The molecule has 0 aromatic carbocycles. The van der Waals surface area contributed by atoms with Crippen molar-refractivity contribution in [3.8, 4) is 0 Å². The lowest BCUT2D eigenvalue weighted by atomic mass is 10.0. The van der Waals surface area contributed by atoms with Gasteiger partial charge in [0.2, 0.25) is 0 Å². The van der Waals surface area contributed by atoms with Gasteiger partial charge < -0.3 is 5.73 Å². The van der Waals surface area contributed by atoms with Crippen molar-refractivity contribution in [3.05, 3.63) is 30.1 Å². The predicted molar refractivity (Wildman–Crippen MR) is 84.3 cm³/mol. The van der Waals surface area contributed by atoms with Crippen LogP contribution in [0.25, 0.3) is 5.57 Å². The molecule has 2 aliphatic rings. The number of nitrogen functional groups attached to an aromatic ring is 1. The number of anilines is 1. The standard InChI is InChI=1S/C17H25N3/c1-3-16-15(18)7-8-17(19-16)12(2)9-20-10-13-5-4-6-14(13)11-20/h7-8,13-14H,2-6,9-11,18H2,1H3. The molecular weight excluding hydrogens is 246 g/mol. The van der Waals surface area contributed by atoms with E-state index in [1.54, 1.807) is 0 Å². The van der Waals surface area contributed by atoms with Crippen LogP contribution < -0.4 is 5.73 Å². The molecular formula is C17H25N3. The third kappa shape index (κ3) is 2.59. The van der Waals surface area contributed by atoms with Crippen LogP contribution in [0.15, 0.2) is 18.7 Å². The topological polar surface area (TPSA) is 42.1 Å². The molecule has 1 saturated carbocycles. The monoisotopic (exact) mass is 271 g/mol. The number of hydrogen-bond acceptors (Lipinski definition) is 3. The molecule has 3 rings (SSSR count). The second-order valence-corrected chi connectivity index (χ2v) is 6.33. The summed E-state index contributed by atoms with van der Waals surface area (Å²) in [6, 6.07) is 3.97. The average Bonchev–Trinajstić information content (AvgIpc) is 3.00. The molecule has 0 bridgehead atoms. The Bertz CT molecular complexity index is 497. The maximum Gasteiger partial charge on any atom is 0.0673 e. The lowest BCUT2D eigenvalue weighted by molar-refractivity contribution is 0.348. The van der Waals surface area contributed by atoms with Gasteiger partial charge in [0.15, 0.2) is 0 Å². The Hall–Kier alpha value is -1.35. The summed E-state index contributed by atoms with van der Waals surface area (Å²) in [4.78, 5) is 7.21. The Kier molecular flexibility index (Phi) is 3.79. The fraction of sp³-hybridized carbons (Fsp3) is 0.588. The molecule has 2 heterocycles. The van der Waals surface area contributed by atoms with E-state index in [-0.39, 0.29) is 0 Å². The van der Waals surface area contributed by atoms with E-state index in [4.69, 9.17) is 5.73 Å². The molecule has 1 aliphatic heterocycles. The van der Waals surface area contributed by atoms with Crippen LogP contribution in [-0.4, -0.2) is 29.5 Å². The Morgan fingerprint density at radius 3 is 2.70 bits per heavy atom. The molecule has 2 atom stereocenters. The molecule has 1 saturated heterocycles. The molecule has 3 heteroatoms. The maximum atomic E-state index is 5.92. The van der Waals surface area contributed by atoms with Crippen LogP contribution in [-0.2, 0) is 6.42 Å². The third-order valence-corrected chi connectivity index (χ3v) is 4.92. The minimum absolute atomic E-state index is 0.791. The van der Waals surface area contributed by atoms with Gasteiger partial charge >= 0.3 is 0 Å². The van der Waals surface area contributed by atoms with Crippen molar-refractivity contribution < 1.29 is 0 Å². The molecule has 20 heavy (non-hydrogen) atoms. The summed E-state index contributed by atoms with van der Waals surface area (Å²) in [6.45, 7) is 9.78. The molecule has 2 fully saturated rings. The predicted octanol–water partition coefficient (Wildman–Crippen LogP) is 2.97. The van der Waals surface area contributed by atoms with E-state index in [0.29, 0.717) is 0 Å². The van der Waals surface area contributed by atoms with Crippen molar-refractivity contribution in [2.24, 2.45) is 11.8 Å². The van der Waals surface area contributed by atoms with Crippen LogP contribution in [0.4, 0.5) is 5.69 Å². The second kappa shape index (κ2) is 5.57. The van der Waals surface area contributed by atoms with E-state index in [0.717, 1.165) is 47.4 Å². The van der Waals surface area contributed by atoms with Crippen molar-refractivity contribution in [3.63, 3.8) is 0 Å². The normalized spacial score (nSPS) is 25.9. The van der Waals surface area contributed by atoms with Crippen LogP contribution >= 0.6 is 0 Å². The summed E-state index contributed by atoms with van der Waals surface area (Å²) in [7, 11) is 0. The minimum Gasteiger partial charge on any atom is -0.397 e. The van der Waals surface area contributed by atoms with Gasteiger partial charge in [-0.05, 0) is 48.8 Å². The zero-order valence-electron chi connectivity index (χ0n) is 12.4. The summed E-state index contributed by atoms with van der Waals surface area (Å²) in [6.07, 6.45) is 5.16. The van der Waals surface area contributed by atoms with E-state index in [1.807, 2.05) is 12.1 Å². The third-order valence-electron chi connectivity index (χ3n) is 4.92. The highest BCUT2D eigenvalue weighted by Crippen LogP contribution is 2.38. The van der Waals surface area contributed by atoms with Gasteiger partial charge in [-0.15, -0.1) is 0 Å². The molecule has 2 unspecified atom stereocenters. The molecule has 108 valence electrons. The smallest absolute Gasteiger partial charge is 0.0673 e. The zero-order valence-corrected chi connectivity index (χ0v) is 12.4. The molecule has 1 aromatic rings. The highest BCUT2D eigenvalue weighted by atomic mass is 15.2. The van der Waals surface area contributed by atoms with Crippen LogP contribution in [0.3, 0.4) is 0 Å². The van der Waals surface area contributed by atoms with Gasteiger partial charge in [-0.1, -0.05) is 19.9 Å². The first-order valence-corrected chi connectivity index (χ1v) is 7.83. The number of rotatable bonds is 4. The Morgan fingerprint density at radius 1 is 1.35 bits per heavy atom. The number of nitrogens with two attached hydrogens (primary N) is 1. The zero-order chi connectivity index (χ0) is 14.1. The van der Waals surface area contributed by atoms with Gasteiger partial charge in [-0.3, -0.25) is 9.88 Å². The number of aryl methyl sites for hydroxylation is 1. The van der Waals surface area contributed by atoms with Crippen LogP contribution in [0, 0.1) is 11.8 Å². The van der Waals surface area contributed by atoms with E-state index < -0.39 is 0 Å². The molecule has 0 radical (unpaired) electrons. The Labute approximate surface area is 121 Å². The fourth-order valence-corrected chi connectivity index (χ4v) is 3.80. The van der Waals surface area contributed by atoms with Crippen molar-refractivity contribution in [2.75, 3.05) is 25.4 Å². The first-order valence-electron chi connectivity index (χ1n) is 7.83. The summed E-state index contributed by atoms with van der Waals surface area (Å²) >= 11 is 0. The second-order valence-electron chi connectivity index (χ2n) is 6.33. The van der Waals surface area contributed by atoms with E-state index >= 15 is 0 Å². The SMILES string of the molecule is C=C(CN1CC2CCCC2C1)c1ccc(N)c(CC)n1. The van der Waals surface area contributed by atoms with E-state index in [1.165, 1.54) is 32.4 Å². The van der Waals surface area contributed by atoms with Gasteiger partial charge in [0, 0.05) is 19.6 Å². The molecule has 3 nitrogen and oxygen atoms in total. The van der Waals surface area contributed by atoms with Gasteiger partial charge in [0.1, 0.15) is 0 Å². The van der Waals surface area contributed by atoms with Crippen LogP contribution in [0.5, 0.6) is 0 Å². The number of pyridine rings is 1. The van der Waals surface area contributed by atoms with Crippen molar-refractivity contribution >= 4 is 11.3 Å². The lowest BCUT2D eigenvalue weighted by Gasteiger charge is -2.18. The Balaban J connectivity index is 1.65. The molecule has 2 N–H and O–H groups in total. The van der Waals surface area contributed by atoms with Crippen molar-refractivity contribution in [1.82, 2.24) is 9.88 Å². The number of nitrogens with zero attached hydrogens (tertiary/aromatic N) is 2. The molecule has 0 amide bonds. The Morgan fingerprint density at radius 2 is 2.05 bits per heavy atom. The maximum absolute atomic E-state index is 5.92. The van der Waals surface area contributed by atoms with E-state index in [2.05, 4.69) is 23.4 Å². The number of fused-ring (bicyclic) bond motifs is 1. The van der Waals surface area contributed by atoms with Gasteiger partial charge in [0.25, 0.3) is 0 Å². The van der Waals surface area contributed by atoms with Crippen molar-refractivity contribution in [1.29, 1.82) is 0 Å². The quantitative estimate of drug-likeness (QED) is 0.915. The number of hydrogen-bond donors (Lipinski definition) is 1. The average molecular weight is 271 g/mol. The molecule has 0 spiro atoms. The first kappa shape index (κ1) is 13.6. The number of likely N-dealkylation sites (tertiary alicyclic amines) is 1. The van der Waals surface area contributed by atoms with Gasteiger partial charge in [-0.25, -0.2) is 0 Å². The summed E-state index contributed by atoms with van der Waals surface area (Å²) < 4.78 is 0. The van der Waals surface area contributed by atoms with Crippen molar-refractivity contribution in [2.45, 2.75) is 32.6 Å². The van der Waals surface area contributed by atoms with E-state index in [9.17, 15) is 0 Å². The van der Waals surface area contributed by atoms with Crippen LogP contribution in [0.1, 0.15) is 37.6 Å². The summed E-state index contributed by atoms with van der Waals surface area (Å²) in [5, 5.41) is 0. The van der Waals surface area contributed by atoms with Gasteiger partial charge in [0.05, 0.1) is 17.1 Å². The minimum atomic E-state index is 0.791. The highest BCUT2D eigenvalue weighted by molar-refractivity contribution is 5.63. The van der Waals surface area contributed by atoms with Crippen LogP contribution in [0.2, 0.25) is 0 Å². The fourth-order valence-electron chi connectivity index (χ4n) is 3.80. The van der Waals surface area contributed by atoms with Gasteiger partial charge in [-0.2, -0.15) is 0 Å². The highest BCUT2D eigenvalue weighted by Gasteiger charge is 2.35. The molecule has 1 aromatic heterocycles. The summed E-state index contributed by atoms with van der Waals surface area (Å²) in [5.74, 6) is 1.88. The first-order chi connectivity index (χ1) is 9.67. The molecule has 1 aliphatic carbocycles. The summed E-state index contributed by atoms with van der Waals surface area (Å²) in [5.41, 5.74) is 9.83. The lowest BCUT2D eigenvalue weighted by Crippen LogP contribution is -2.23. The number of aromatic nitrogens is 1.